The van der Waals surface area contributed by atoms with Gasteiger partial charge in [0, 0.05) is 19.2 Å². The Morgan fingerprint density at radius 1 is 1.60 bits per heavy atom. The standard InChI is InChI=1S/C10H13N3O2/c1-11-9-7(10(14)15)5-12-8(13-9)6-3-2-4-6/h5-6H,2-4H2,1H3,(H,14,15)(H,11,12,13). The van der Waals surface area contributed by atoms with Crippen molar-refractivity contribution >= 4 is 11.8 Å². The Morgan fingerprint density at radius 3 is 2.80 bits per heavy atom. The van der Waals surface area contributed by atoms with Crippen molar-refractivity contribution in [1.82, 2.24) is 9.97 Å². The molecule has 1 aliphatic rings. The second-order valence-corrected chi connectivity index (χ2v) is 3.67. The minimum absolute atomic E-state index is 0.126. The summed E-state index contributed by atoms with van der Waals surface area (Å²) < 4.78 is 0. The Morgan fingerprint density at radius 2 is 2.33 bits per heavy atom. The van der Waals surface area contributed by atoms with Gasteiger partial charge in [0.1, 0.15) is 17.2 Å². The Labute approximate surface area is 87.6 Å². The van der Waals surface area contributed by atoms with E-state index in [-0.39, 0.29) is 5.56 Å². The van der Waals surface area contributed by atoms with Crippen molar-refractivity contribution in [2.75, 3.05) is 12.4 Å². The Hall–Kier alpha value is -1.65. The first-order valence-corrected chi connectivity index (χ1v) is 5.00. The first kappa shape index (κ1) is 9.89. The number of aromatic nitrogens is 2. The van der Waals surface area contributed by atoms with E-state index in [0.717, 1.165) is 18.7 Å². The highest BCUT2D eigenvalue weighted by Gasteiger charge is 2.23. The Kier molecular flexibility index (Phi) is 2.53. The number of anilines is 1. The number of carboxylic acid groups (broad SMARTS) is 1. The molecule has 1 aromatic rings. The van der Waals surface area contributed by atoms with Gasteiger partial charge >= 0.3 is 5.97 Å². The van der Waals surface area contributed by atoms with Crippen molar-refractivity contribution in [3.8, 4) is 0 Å². The molecule has 0 radical (unpaired) electrons. The maximum absolute atomic E-state index is 10.8. The summed E-state index contributed by atoms with van der Waals surface area (Å²) in [5, 5.41) is 11.7. The van der Waals surface area contributed by atoms with Crippen molar-refractivity contribution in [2.24, 2.45) is 0 Å². The lowest BCUT2D eigenvalue weighted by Gasteiger charge is -2.24. The summed E-state index contributed by atoms with van der Waals surface area (Å²) in [6.45, 7) is 0. The quantitative estimate of drug-likeness (QED) is 0.785. The number of nitrogens with one attached hydrogen (secondary N) is 1. The highest BCUT2D eigenvalue weighted by Crippen LogP contribution is 2.34. The molecule has 2 rings (SSSR count). The van der Waals surface area contributed by atoms with E-state index in [2.05, 4.69) is 15.3 Å². The van der Waals surface area contributed by atoms with Gasteiger partial charge in [0.05, 0.1) is 0 Å². The number of aromatic carboxylic acids is 1. The maximum Gasteiger partial charge on any atom is 0.341 e. The van der Waals surface area contributed by atoms with Gasteiger partial charge in [-0.05, 0) is 12.8 Å². The van der Waals surface area contributed by atoms with E-state index >= 15 is 0 Å². The van der Waals surface area contributed by atoms with Crippen LogP contribution in [-0.4, -0.2) is 28.1 Å². The second kappa shape index (κ2) is 3.84. The molecule has 15 heavy (non-hydrogen) atoms. The molecule has 1 heterocycles. The van der Waals surface area contributed by atoms with Gasteiger partial charge in [-0.15, -0.1) is 0 Å². The minimum Gasteiger partial charge on any atom is -0.477 e. The molecule has 2 N–H and O–H groups in total. The molecule has 0 spiro atoms. The average Bonchev–Trinajstić information content (AvgIpc) is 2.14. The summed E-state index contributed by atoms with van der Waals surface area (Å²) >= 11 is 0. The zero-order chi connectivity index (χ0) is 10.8. The summed E-state index contributed by atoms with van der Waals surface area (Å²) in [7, 11) is 1.67. The Balaban J connectivity index is 2.33. The van der Waals surface area contributed by atoms with Crippen LogP contribution in [0.25, 0.3) is 0 Å². The molecule has 5 nitrogen and oxygen atoms in total. The number of rotatable bonds is 3. The van der Waals surface area contributed by atoms with Crippen molar-refractivity contribution in [1.29, 1.82) is 0 Å². The molecular formula is C10H13N3O2. The summed E-state index contributed by atoms with van der Waals surface area (Å²) in [6.07, 6.45) is 4.81. The Bertz CT molecular complexity index is 388. The summed E-state index contributed by atoms with van der Waals surface area (Å²) in [5.74, 6) is 0.578. The molecule has 5 heteroatoms. The van der Waals surface area contributed by atoms with Gasteiger partial charge < -0.3 is 10.4 Å². The molecule has 1 saturated carbocycles. The molecule has 0 aromatic carbocycles. The highest BCUT2D eigenvalue weighted by molar-refractivity contribution is 5.92. The lowest BCUT2D eigenvalue weighted by Crippen LogP contribution is -2.15. The predicted molar refractivity (Wildman–Crippen MR) is 55.1 cm³/mol. The second-order valence-electron chi connectivity index (χ2n) is 3.67. The third-order valence-corrected chi connectivity index (χ3v) is 2.74. The molecule has 0 saturated heterocycles. The first-order chi connectivity index (χ1) is 7.22. The van der Waals surface area contributed by atoms with Crippen LogP contribution < -0.4 is 5.32 Å². The van der Waals surface area contributed by atoms with Crippen LogP contribution in [0.2, 0.25) is 0 Å². The van der Waals surface area contributed by atoms with Gasteiger partial charge in [-0.3, -0.25) is 0 Å². The van der Waals surface area contributed by atoms with Crippen molar-refractivity contribution < 1.29 is 9.90 Å². The van der Waals surface area contributed by atoms with Crippen molar-refractivity contribution in [2.45, 2.75) is 25.2 Å². The van der Waals surface area contributed by atoms with Crippen LogP contribution in [0.4, 0.5) is 5.82 Å². The smallest absolute Gasteiger partial charge is 0.341 e. The molecule has 80 valence electrons. The molecule has 0 aliphatic heterocycles. The van der Waals surface area contributed by atoms with Crippen LogP contribution in [0.3, 0.4) is 0 Å². The SMILES string of the molecule is CNc1nc(C2CCC2)ncc1C(=O)O. The van der Waals surface area contributed by atoms with E-state index < -0.39 is 5.97 Å². The van der Waals surface area contributed by atoms with Gasteiger partial charge in [-0.2, -0.15) is 0 Å². The zero-order valence-corrected chi connectivity index (χ0v) is 8.53. The normalized spacial score (nSPS) is 15.8. The average molecular weight is 207 g/mol. The van der Waals surface area contributed by atoms with Crippen LogP contribution in [0.5, 0.6) is 0 Å². The van der Waals surface area contributed by atoms with E-state index in [1.54, 1.807) is 7.05 Å². The predicted octanol–water partition coefficient (Wildman–Crippen LogP) is 1.48. The van der Waals surface area contributed by atoms with Crippen LogP contribution in [0.1, 0.15) is 41.4 Å². The van der Waals surface area contributed by atoms with Crippen LogP contribution >= 0.6 is 0 Å². The summed E-state index contributed by atoms with van der Waals surface area (Å²) in [4.78, 5) is 19.2. The number of nitrogens with zero attached hydrogens (tertiary/aromatic N) is 2. The maximum atomic E-state index is 10.8. The molecule has 0 unspecified atom stereocenters. The molecule has 1 aromatic heterocycles. The third kappa shape index (κ3) is 1.77. The fourth-order valence-corrected chi connectivity index (χ4v) is 1.61. The largest absolute Gasteiger partial charge is 0.477 e. The molecule has 0 amide bonds. The summed E-state index contributed by atoms with van der Waals surface area (Å²) in [6, 6.07) is 0. The van der Waals surface area contributed by atoms with Gasteiger partial charge in [-0.25, -0.2) is 14.8 Å². The number of carboxylic acids is 1. The van der Waals surface area contributed by atoms with Crippen LogP contribution in [0.15, 0.2) is 6.20 Å². The van der Waals surface area contributed by atoms with Crippen molar-refractivity contribution in [3.63, 3.8) is 0 Å². The topological polar surface area (TPSA) is 75.1 Å². The van der Waals surface area contributed by atoms with Crippen molar-refractivity contribution in [3.05, 3.63) is 17.6 Å². The minimum atomic E-state index is -1.00. The molecule has 0 atom stereocenters. The number of hydrogen-bond acceptors (Lipinski definition) is 4. The molecule has 1 fully saturated rings. The number of hydrogen-bond donors (Lipinski definition) is 2. The van der Waals surface area contributed by atoms with E-state index in [9.17, 15) is 4.79 Å². The van der Waals surface area contributed by atoms with Gasteiger partial charge in [0.2, 0.25) is 0 Å². The highest BCUT2D eigenvalue weighted by atomic mass is 16.4. The first-order valence-electron chi connectivity index (χ1n) is 5.00. The molecule has 1 aliphatic carbocycles. The third-order valence-electron chi connectivity index (χ3n) is 2.74. The monoisotopic (exact) mass is 207 g/mol. The lowest BCUT2D eigenvalue weighted by atomic mass is 9.85. The molecular weight excluding hydrogens is 194 g/mol. The van der Waals surface area contributed by atoms with E-state index in [0.29, 0.717) is 11.7 Å². The fourth-order valence-electron chi connectivity index (χ4n) is 1.61. The van der Waals surface area contributed by atoms with Gasteiger partial charge in [-0.1, -0.05) is 6.42 Å². The van der Waals surface area contributed by atoms with Gasteiger partial charge in [0.15, 0.2) is 0 Å². The van der Waals surface area contributed by atoms with Gasteiger partial charge in [0.25, 0.3) is 0 Å². The van der Waals surface area contributed by atoms with Crippen LogP contribution in [0, 0.1) is 0 Å². The van der Waals surface area contributed by atoms with E-state index in [4.69, 9.17) is 5.11 Å². The van der Waals surface area contributed by atoms with E-state index in [1.165, 1.54) is 12.6 Å². The lowest BCUT2D eigenvalue weighted by molar-refractivity contribution is 0.0697. The number of carbonyl (C=O) groups is 1. The fraction of sp³-hybridized carbons (Fsp3) is 0.500. The zero-order valence-electron chi connectivity index (χ0n) is 8.53. The van der Waals surface area contributed by atoms with Crippen LogP contribution in [-0.2, 0) is 0 Å². The molecule has 0 bridgehead atoms. The van der Waals surface area contributed by atoms with E-state index in [1.807, 2.05) is 0 Å². The summed E-state index contributed by atoms with van der Waals surface area (Å²) in [5.41, 5.74) is 0.126.